The quantitative estimate of drug-likeness (QED) is 0.239. The topological polar surface area (TPSA) is 137 Å². The lowest BCUT2D eigenvalue weighted by molar-refractivity contribution is -0.142. The average molecular weight is 464 g/mol. The second-order valence-electron chi connectivity index (χ2n) is 7.54. The smallest absolute Gasteiger partial charge is 0.411 e. The van der Waals surface area contributed by atoms with E-state index >= 15 is 0 Å². The van der Waals surface area contributed by atoms with Gasteiger partial charge in [0.2, 0.25) is 5.78 Å². The monoisotopic (exact) mass is 463 g/mol. The van der Waals surface area contributed by atoms with Crippen molar-refractivity contribution in [1.29, 1.82) is 0 Å². The summed E-state index contributed by atoms with van der Waals surface area (Å²) < 4.78 is 15.1. The summed E-state index contributed by atoms with van der Waals surface area (Å²) in [6.45, 7) is 4.56. The molecule has 0 aromatic heterocycles. The molecule has 10 nitrogen and oxygen atoms in total. The molecule has 0 saturated heterocycles. The van der Waals surface area contributed by atoms with E-state index in [1.807, 2.05) is 19.9 Å². The molecule has 1 rings (SSSR count). The number of nitrogens with two attached hydrogens (primary N) is 1. The van der Waals surface area contributed by atoms with Crippen LogP contribution in [0.15, 0.2) is 42.1 Å². The first-order valence-electron chi connectivity index (χ1n) is 10.5. The van der Waals surface area contributed by atoms with Crippen molar-refractivity contribution in [3.63, 3.8) is 0 Å². The molecule has 1 aromatic carbocycles. The van der Waals surface area contributed by atoms with E-state index in [1.54, 1.807) is 31.4 Å². The van der Waals surface area contributed by atoms with E-state index in [9.17, 15) is 19.2 Å². The minimum Gasteiger partial charge on any atom is -0.447 e. The maximum atomic E-state index is 13.2. The van der Waals surface area contributed by atoms with Gasteiger partial charge in [-0.1, -0.05) is 50.3 Å². The molecule has 33 heavy (non-hydrogen) atoms. The summed E-state index contributed by atoms with van der Waals surface area (Å²) >= 11 is 0. The van der Waals surface area contributed by atoms with E-state index in [0.29, 0.717) is 13.2 Å². The Morgan fingerprint density at radius 2 is 1.70 bits per heavy atom. The van der Waals surface area contributed by atoms with Crippen molar-refractivity contribution in [3.05, 3.63) is 47.7 Å². The Balaban J connectivity index is 2.92. The number of Topliss-reactive ketones (excluding diaryl/α,β-unsaturated/α-hetero) is 1. The Kier molecular flexibility index (Phi) is 12.4. The van der Waals surface area contributed by atoms with Gasteiger partial charge in [-0.05, 0) is 11.5 Å². The zero-order valence-electron chi connectivity index (χ0n) is 19.5. The molecule has 0 radical (unpaired) electrons. The SMILES string of the molecule is COCCOCCOC(=O)N/C(=C/C(C)C)C(=O)N(C)C(Cc1ccccc1)C(=O)C(N)=O. The number of alkyl carbamates (subject to hydrolysis) is 1. The van der Waals surface area contributed by atoms with Crippen LogP contribution < -0.4 is 11.1 Å². The summed E-state index contributed by atoms with van der Waals surface area (Å²) in [5.41, 5.74) is 5.88. The standard InChI is InChI=1S/C23H33N3O7/c1-16(2)14-18(25-23(30)33-13-12-32-11-10-31-4)22(29)26(3)19(20(27)21(24)28)15-17-8-6-5-7-9-17/h5-9,14,16,19H,10-13,15H2,1-4H3,(H2,24,28)(H,25,30)/b18-14+. The Bertz CT molecular complexity index is 825. The fourth-order valence-electron chi connectivity index (χ4n) is 2.82. The predicted octanol–water partition coefficient (Wildman–Crippen LogP) is 1.04. The number of likely N-dealkylation sites (N-methyl/N-ethyl adjacent to an activating group) is 1. The van der Waals surface area contributed by atoms with E-state index in [1.165, 1.54) is 13.1 Å². The number of hydrogen-bond acceptors (Lipinski definition) is 7. The summed E-state index contributed by atoms with van der Waals surface area (Å²) in [6.07, 6.45) is 0.770. The Morgan fingerprint density at radius 1 is 1.06 bits per heavy atom. The number of carbonyl (C=O) groups is 4. The summed E-state index contributed by atoms with van der Waals surface area (Å²) in [5.74, 6) is -2.82. The first-order valence-corrected chi connectivity index (χ1v) is 10.5. The van der Waals surface area contributed by atoms with E-state index in [2.05, 4.69) is 5.32 Å². The number of methoxy groups -OCH3 is 1. The number of ketones is 1. The van der Waals surface area contributed by atoms with Gasteiger partial charge < -0.3 is 24.8 Å². The number of hydrogen-bond donors (Lipinski definition) is 2. The lowest BCUT2D eigenvalue weighted by Crippen LogP contribution is -2.50. The van der Waals surface area contributed by atoms with Crippen molar-refractivity contribution in [2.45, 2.75) is 26.3 Å². The van der Waals surface area contributed by atoms with Crippen LogP contribution >= 0.6 is 0 Å². The molecular weight excluding hydrogens is 430 g/mol. The average Bonchev–Trinajstić information content (AvgIpc) is 2.78. The molecule has 10 heteroatoms. The van der Waals surface area contributed by atoms with Crippen molar-refractivity contribution in [2.75, 3.05) is 40.6 Å². The van der Waals surface area contributed by atoms with Crippen LogP contribution in [0.1, 0.15) is 19.4 Å². The minimum absolute atomic E-state index is 0.0225. The number of allylic oxidation sites excluding steroid dienone is 1. The molecule has 3 N–H and O–H groups in total. The molecule has 0 fully saturated rings. The van der Waals surface area contributed by atoms with Crippen molar-refractivity contribution in [1.82, 2.24) is 10.2 Å². The van der Waals surface area contributed by atoms with Crippen LogP contribution in [-0.4, -0.2) is 75.2 Å². The van der Waals surface area contributed by atoms with E-state index in [0.717, 1.165) is 10.5 Å². The summed E-state index contributed by atoms with van der Waals surface area (Å²) in [5, 5.41) is 2.42. The van der Waals surface area contributed by atoms with Crippen LogP contribution in [0.2, 0.25) is 0 Å². The van der Waals surface area contributed by atoms with Crippen molar-refractivity contribution >= 4 is 23.7 Å². The molecule has 182 valence electrons. The third-order valence-electron chi connectivity index (χ3n) is 4.46. The lowest BCUT2D eigenvalue weighted by Gasteiger charge is -2.27. The van der Waals surface area contributed by atoms with Gasteiger partial charge >= 0.3 is 6.09 Å². The highest BCUT2D eigenvalue weighted by molar-refractivity contribution is 6.38. The Labute approximate surface area is 194 Å². The molecule has 1 aromatic rings. The zero-order chi connectivity index (χ0) is 24.8. The van der Waals surface area contributed by atoms with Gasteiger partial charge in [-0.15, -0.1) is 0 Å². The van der Waals surface area contributed by atoms with E-state index in [-0.39, 0.29) is 31.2 Å². The number of amides is 3. The molecular formula is C23H33N3O7. The Hall–Kier alpha value is -3.24. The molecule has 0 heterocycles. The highest BCUT2D eigenvalue weighted by Gasteiger charge is 2.32. The molecule has 0 aliphatic heterocycles. The number of nitrogens with one attached hydrogen (secondary N) is 1. The van der Waals surface area contributed by atoms with Gasteiger partial charge in [0.15, 0.2) is 0 Å². The fraction of sp³-hybridized carbons (Fsp3) is 0.478. The van der Waals surface area contributed by atoms with E-state index < -0.39 is 29.7 Å². The highest BCUT2D eigenvalue weighted by atomic mass is 16.6. The number of benzene rings is 1. The minimum atomic E-state index is -1.15. The van der Waals surface area contributed by atoms with Crippen LogP contribution in [0.4, 0.5) is 4.79 Å². The van der Waals surface area contributed by atoms with Gasteiger partial charge in [0.25, 0.3) is 11.8 Å². The van der Waals surface area contributed by atoms with Gasteiger partial charge in [-0.2, -0.15) is 0 Å². The van der Waals surface area contributed by atoms with Crippen LogP contribution in [-0.2, 0) is 35.0 Å². The van der Waals surface area contributed by atoms with Crippen molar-refractivity contribution < 1.29 is 33.4 Å². The number of primary amides is 1. The first kappa shape index (κ1) is 27.8. The number of ether oxygens (including phenoxy) is 3. The van der Waals surface area contributed by atoms with Crippen molar-refractivity contribution in [3.8, 4) is 0 Å². The normalized spacial score (nSPS) is 12.2. The molecule has 0 spiro atoms. The van der Waals surface area contributed by atoms with Crippen LogP contribution in [0.5, 0.6) is 0 Å². The third-order valence-corrected chi connectivity index (χ3v) is 4.46. The molecule has 1 atom stereocenters. The van der Waals surface area contributed by atoms with Crippen LogP contribution in [0.3, 0.4) is 0 Å². The van der Waals surface area contributed by atoms with Gasteiger partial charge in [0.05, 0.1) is 19.8 Å². The second-order valence-corrected chi connectivity index (χ2v) is 7.54. The molecule has 0 saturated carbocycles. The molecule has 3 amide bonds. The largest absolute Gasteiger partial charge is 0.447 e. The molecule has 0 aliphatic rings. The number of carbonyl (C=O) groups excluding carboxylic acids is 4. The summed E-state index contributed by atoms with van der Waals surface area (Å²) in [7, 11) is 2.92. The molecule has 0 bridgehead atoms. The van der Waals surface area contributed by atoms with Gasteiger partial charge in [-0.25, -0.2) is 4.79 Å². The van der Waals surface area contributed by atoms with Crippen molar-refractivity contribution in [2.24, 2.45) is 11.7 Å². The lowest BCUT2D eigenvalue weighted by atomic mass is 10.00. The maximum absolute atomic E-state index is 13.2. The number of rotatable bonds is 14. The summed E-state index contributed by atoms with van der Waals surface area (Å²) in [4.78, 5) is 50.5. The molecule has 1 unspecified atom stereocenters. The molecule has 0 aliphatic carbocycles. The van der Waals surface area contributed by atoms with Gasteiger partial charge in [0.1, 0.15) is 18.3 Å². The van der Waals surface area contributed by atoms with Crippen LogP contribution in [0, 0.1) is 5.92 Å². The Morgan fingerprint density at radius 3 is 2.27 bits per heavy atom. The maximum Gasteiger partial charge on any atom is 0.411 e. The summed E-state index contributed by atoms with van der Waals surface area (Å²) in [6, 6.07) is 7.78. The third kappa shape index (κ3) is 10.3. The van der Waals surface area contributed by atoms with Gasteiger partial charge in [0, 0.05) is 20.6 Å². The zero-order valence-corrected chi connectivity index (χ0v) is 19.5. The van der Waals surface area contributed by atoms with Crippen LogP contribution in [0.25, 0.3) is 0 Å². The highest BCUT2D eigenvalue weighted by Crippen LogP contribution is 2.13. The second kappa shape index (κ2) is 14.8. The van der Waals surface area contributed by atoms with Gasteiger partial charge in [-0.3, -0.25) is 19.7 Å². The fourth-order valence-corrected chi connectivity index (χ4v) is 2.82. The first-order chi connectivity index (χ1) is 15.7. The predicted molar refractivity (Wildman–Crippen MR) is 121 cm³/mol. The van der Waals surface area contributed by atoms with E-state index in [4.69, 9.17) is 19.9 Å². The number of nitrogens with zero attached hydrogens (tertiary/aromatic N) is 1.